The zero-order valence-electron chi connectivity index (χ0n) is 15.2. The van der Waals surface area contributed by atoms with Gasteiger partial charge in [-0.2, -0.15) is 0 Å². The Morgan fingerprint density at radius 3 is 2.76 bits per heavy atom. The minimum Gasteiger partial charge on any atom is -0.357 e. The molecule has 0 aliphatic heterocycles. The molecule has 2 aromatic rings. The Labute approximate surface area is 176 Å². The second-order valence-electron chi connectivity index (χ2n) is 5.86. The summed E-state index contributed by atoms with van der Waals surface area (Å²) in [6, 6.07) is 4.32. The Kier molecular flexibility index (Phi) is 11.3. The van der Waals surface area contributed by atoms with Crippen molar-refractivity contribution in [1.29, 1.82) is 0 Å². The van der Waals surface area contributed by atoms with Gasteiger partial charge in [0, 0.05) is 42.0 Å². The molecule has 2 N–H and O–H groups in total. The molecule has 0 aliphatic carbocycles. The van der Waals surface area contributed by atoms with E-state index in [2.05, 4.69) is 53.9 Å². The highest BCUT2D eigenvalue weighted by atomic mass is 127. The highest BCUT2D eigenvalue weighted by Gasteiger charge is 2.06. The summed E-state index contributed by atoms with van der Waals surface area (Å²) in [6.07, 6.45) is 5.10. The Bertz CT molecular complexity index is 610. The van der Waals surface area contributed by atoms with E-state index >= 15 is 0 Å². The molecule has 0 spiro atoms. The number of aliphatic imine (C=N–C) groups is 1. The summed E-state index contributed by atoms with van der Waals surface area (Å²) >= 11 is 3.63. The van der Waals surface area contributed by atoms with E-state index in [4.69, 9.17) is 4.99 Å². The number of aryl methyl sites for hydroxylation is 1. The summed E-state index contributed by atoms with van der Waals surface area (Å²) in [4.78, 5) is 12.0. The lowest BCUT2D eigenvalue weighted by atomic mass is 10.1. The monoisotopic (exact) mass is 492 g/mol. The quantitative estimate of drug-likeness (QED) is 0.311. The van der Waals surface area contributed by atoms with Gasteiger partial charge in [0.1, 0.15) is 0 Å². The number of hydrogen-bond acceptors (Lipinski definition) is 4. The summed E-state index contributed by atoms with van der Waals surface area (Å²) < 4.78 is 0. The van der Waals surface area contributed by atoms with Crippen LogP contribution in [0.25, 0.3) is 0 Å². The van der Waals surface area contributed by atoms with Crippen molar-refractivity contribution in [3.8, 4) is 0 Å². The number of hydrogen-bond donors (Lipinski definition) is 2. The molecular formula is C18H29IN4S2. The molecule has 4 nitrogen and oxygen atoms in total. The molecule has 0 saturated heterocycles. The average Bonchev–Trinajstić information content (AvgIpc) is 3.24. The number of nitrogens with one attached hydrogen (secondary N) is 2. The molecular weight excluding hydrogens is 463 g/mol. The first-order valence-electron chi connectivity index (χ1n) is 8.69. The van der Waals surface area contributed by atoms with Crippen LogP contribution < -0.4 is 10.6 Å². The summed E-state index contributed by atoms with van der Waals surface area (Å²) in [6.45, 7) is 9.10. The van der Waals surface area contributed by atoms with Gasteiger partial charge in [-0.3, -0.25) is 4.99 Å². The Balaban J connectivity index is 0.00000312. The number of thiophene rings is 1. The molecule has 0 aliphatic rings. The topological polar surface area (TPSA) is 49.3 Å². The molecule has 25 heavy (non-hydrogen) atoms. The maximum absolute atomic E-state index is 4.73. The average molecular weight is 492 g/mol. The van der Waals surface area contributed by atoms with Crippen LogP contribution in [0.2, 0.25) is 0 Å². The zero-order chi connectivity index (χ0) is 17.2. The second-order valence-corrected chi connectivity index (χ2v) is 8.09. The van der Waals surface area contributed by atoms with Gasteiger partial charge in [0.2, 0.25) is 0 Å². The van der Waals surface area contributed by atoms with E-state index < -0.39 is 0 Å². The normalized spacial score (nSPS) is 12.5. The smallest absolute Gasteiger partial charge is 0.191 e. The molecule has 0 aromatic carbocycles. The standard InChI is InChI=1S/C18H28N4S2.HI/c1-4-15-13-21-17(24-15)8-9-20-18(19-5-2)22-12-14(3)11-16-7-6-10-23-16;/h6-7,10,13-14H,4-5,8-9,11-12H2,1-3H3,(H2,19,20,22);1H. The van der Waals surface area contributed by atoms with Gasteiger partial charge in [0.15, 0.2) is 5.96 Å². The van der Waals surface area contributed by atoms with Crippen molar-refractivity contribution >= 4 is 52.6 Å². The maximum atomic E-state index is 4.73. The van der Waals surface area contributed by atoms with Crippen LogP contribution in [0.4, 0.5) is 0 Å². The van der Waals surface area contributed by atoms with Gasteiger partial charge in [0.25, 0.3) is 0 Å². The molecule has 0 bridgehead atoms. The molecule has 0 fully saturated rings. The summed E-state index contributed by atoms with van der Waals surface area (Å²) in [5, 5.41) is 10.1. The van der Waals surface area contributed by atoms with Gasteiger partial charge in [-0.05, 0) is 37.1 Å². The van der Waals surface area contributed by atoms with E-state index in [1.54, 1.807) is 0 Å². The van der Waals surface area contributed by atoms with Gasteiger partial charge >= 0.3 is 0 Å². The number of thiazole rings is 1. The summed E-state index contributed by atoms with van der Waals surface area (Å²) in [5.74, 6) is 1.45. The van der Waals surface area contributed by atoms with Gasteiger partial charge in [0.05, 0.1) is 5.01 Å². The maximum Gasteiger partial charge on any atom is 0.191 e. The van der Waals surface area contributed by atoms with Crippen molar-refractivity contribution in [2.75, 3.05) is 19.6 Å². The lowest BCUT2D eigenvalue weighted by Crippen LogP contribution is -2.38. The molecule has 7 heteroatoms. The van der Waals surface area contributed by atoms with Crippen LogP contribution >= 0.6 is 46.7 Å². The number of halogens is 1. The minimum absolute atomic E-state index is 0. The minimum atomic E-state index is 0. The molecule has 0 radical (unpaired) electrons. The number of aromatic nitrogens is 1. The molecule has 2 aromatic heterocycles. The van der Waals surface area contributed by atoms with Crippen LogP contribution in [0.15, 0.2) is 28.7 Å². The highest BCUT2D eigenvalue weighted by Crippen LogP contribution is 2.15. The third kappa shape index (κ3) is 8.50. The van der Waals surface area contributed by atoms with E-state index in [9.17, 15) is 0 Å². The van der Waals surface area contributed by atoms with Gasteiger partial charge in [-0.25, -0.2) is 4.98 Å². The van der Waals surface area contributed by atoms with Gasteiger partial charge in [-0.1, -0.05) is 19.9 Å². The fourth-order valence-corrected chi connectivity index (χ4v) is 4.07. The number of guanidine groups is 1. The zero-order valence-corrected chi connectivity index (χ0v) is 19.2. The summed E-state index contributed by atoms with van der Waals surface area (Å²) in [7, 11) is 0. The second kappa shape index (κ2) is 12.6. The SMILES string of the molecule is CCNC(=NCC(C)Cc1cccs1)NCCc1ncc(CC)s1.I. The lowest BCUT2D eigenvalue weighted by molar-refractivity contribution is 0.595. The number of nitrogens with zero attached hydrogens (tertiary/aromatic N) is 2. The Morgan fingerprint density at radius 2 is 2.12 bits per heavy atom. The lowest BCUT2D eigenvalue weighted by Gasteiger charge is -2.12. The fraction of sp³-hybridized carbons (Fsp3) is 0.556. The molecule has 1 unspecified atom stereocenters. The third-order valence-electron chi connectivity index (χ3n) is 3.62. The third-order valence-corrected chi connectivity index (χ3v) is 5.72. The van der Waals surface area contributed by atoms with Gasteiger partial charge in [-0.15, -0.1) is 46.7 Å². The first-order valence-corrected chi connectivity index (χ1v) is 10.4. The predicted molar refractivity (Wildman–Crippen MR) is 122 cm³/mol. The van der Waals surface area contributed by atoms with Crippen LogP contribution in [0, 0.1) is 5.92 Å². The van der Waals surface area contributed by atoms with E-state index in [1.807, 2.05) is 28.9 Å². The van der Waals surface area contributed by atoms with E-state index in [1.165, 1.54) is 14.8 Å². The molecule has 1 atom stereocenters. The Morgan fingerprint density at radius 1 is 1.28 bits per heavy atom. The van der Waals surface area contributed by atoms with Crippen molar-refractivity contribution < 1.29 is 0 Å². The molecule has 2 rings (SSSR count). The van der Waals surface area contributed by atoms with Crippen LogP contribution in [-0.2, 0) is 19.3 Å². The highest BCUT2D eigenvalue weighted by molar-refractivity contribution is 14.0. The van der Waals surface area contributed by atoms with Crippen LogP contribution in [-0.4, -0.2) is 30.6 Å². The number of rotatable bonds is 9. The van der Waals surface area contributed by atoms with E-state index in [0.717, 1.165) is 44.9 Å². The van der Waals surface area contributed by atoms with Crippen molar-refractivity contribution in [3.63, 3.8) is 0 Å². The van der Waals surface area contributed by atoms with Crippen LogP contribution in [0.5, 0.6) is 0 Å². The van der Waals surface area contributed by atoms with Crippen LogP contribution in [0.3, 0.4) is 0 Å². The van der Waals surface area contributed by atoms with Crippen molar-refractivity contribution in [3.05, 3.63) is 38.5 Å². The van der Waals surface area contributed by atoms with Crippen molar-refractivity contribution in [1.82, 2.24) is 15.6 Å². The Hall–Kier alpha value is -0.670. The predicted octanol–water partition coefficient (Wildman–Crippen LogP) is 4.36. The summed E-state index contributed by atoms with van der Waals surface area (Å²) in [5.41, 5.74) is 0. The first kappa shape index (κ1) is 22.4. The first-order chi connectivity index (χ1) is 11.7. The van der Waals surface area contributed by atoms with E-state index in [0.29, 0.717) is 5.92 Å². The molecule has 0 amide bonds. The largest absolute Gasteiger partial charge is 0.357 e. The van der Waals surface area contributed by atoms with E-state index in [-0.39, 0.29) is 24.0 Å². The van der Waals surface area contributed by atoms with Crippen LogP contribution in [0.1, 0.15) is 35.5 Å². The molecule has 0 saturated carbocycles. The van der Waals surface area contributed by atoms with Gasteiger partial charge < -0.3 is 10.6 Å². The van der Waals surface area contributed by atoms with Crippen molar-refractivity contribution in [2.45, 2.75) is 40.0 Å². The van der Waals surface area contributed by atoms with Crippen molar-refractivity contribution in [2.24, 2.45) is 10.9 Å². The fourth-order valence-electron chi connectivity index (χ4n) is 2.34. The molecule has 2 heterocycles. The molecule has 140 valence electrons.